The smallest absolute Gasteiger partial charge is 0.0607 e. The Bertz CT molecular complexity index is 159. The molecule has 3 N–H and O–H groups in total. The van der Waals surface area contributed by atoms with E-state index >= 15 is 0 Å². The van der Waals surface area contributed by atoms with E-state index in [1.165, 1.54) is 12.8 Å². The summed E-state index contributed by atoms with van der Waals surface area (Å²) in [5.41, 5.74) is 0. The van der Waals surface area contributed by atoms with Gasteiger partial charge < -0.3 is 15.5 Å². The summed E-state index contributed by atoms with van der Waals surface area (Å²) in [6.45, 7) is 4.63. The number of nitrogens with one attached hydrogen (secondary N) is 1. The molecule has 14 heavy (non-hydrogen) atoms. The zero-order chi connectivity index (χ0) is 10.6. The van der Waals surface area contributed by atoms with E-state index in [4.69, 9.17) is 10.2 Å². The van der Waals surface area contributed by atoms with Crippen LogP contribution in [-0.4, -0.2) is 35.5 Å². The third kappa shape index (κ3) is 3.23. The Labute approximate surface area is 86.5 Å². The first-order valence-electron chi connectivity index (χ1n) is 5.65. The lowest BCUT2D eigenvalue weighted by Crippen LogP contribution is -2.45. The Morgan fingerprint density at radius 1 is 1.14 bits per heavy atom. The van der Waals surface area contributed by atoms with E-state index in [0.717, 1.165) is 18.3 Å². The first kappa shape index (κ1) is 12.0. The van der Waals surface area contributed by atoms with Crippen molar-refractivity contribution in [3.05, 3.63) is 0 Å². The maximum absolute atomic E-state index is 8.95. The molecule has 0 spiro atoms. The van der Waals surface area contributed by atoms with Gasteiger partial charge in [0.2, 0.25) is 0 Å². The van der Waals surface area contributed by atoms with Crippen LogP contribution in [0.3, 0.4) is 0 Å². The molecule has 0 bridgehead atoms. The summed E-state index contributed by atoms with van der Waals surface area (Å²) in [4.78, 5) is 0. The van der Waals surface area contributed by atoms with Gasteiger partial charge in [-0.15, -0.1) is 0 Å². The lowest BCUT2D eigenvalue weighted by Gasteiger charge is -2.34. The van der Waals surface area contributed by atoms with E-state index in [1.807, 2.05) is 0 Å². The van der Waals surface area contributed by atoms with Crippen LogP contribution in [0.1, 0.15) is 33.1 Å². The van der Waals surface area contributed by atoms with Crippen LogP contribution < -0.4 is 5.32 Å². The summed E-state index contributed by atoms with van der Waals surface area (Å²) in [6, 6.07) is 0.339. The Balaban J connectivity index is 2.32. The minimum atomic E-state index is -0.138. The summed E-state index contributed by atoms with van der Waals surface area (Å²) in [6.07, 6.45) is 3.59. The van der Waals surface area contributed by atoms with E-state index in [-0.39, 0.29) is 19.3 Å². The molecule has 0 aliphatic heterocycles. The summed E-state index contributed by atoms with van der Waals surface area (Å²) in [7, 11) is 0. The van der Waals surface area contributed by atoms with Crippen molar-refractivity contribution < 1.29 is 10.2 Å². The van der Waals surface area contributed by atoms with Gasteiger partial charge in [-0.1, -0.05) is 13.8 Å². The molecule has 1 aliphatic carbocycles. The highest BCUT2D eigenvalue weighted by Crippen LogP contribution is 2.29. The average molecular weight is 201 g/mol. The number of aliphatic hydroxyl groups is 2. The molecule has 1 aliphatic rings. The van der Waals surface area contributed by atoms with Crippen molar-refractivity contribution in [1.82, 2.24) is 5.32 Å². The molecule has 0 aromatic rings. The van der Waals surface area contributed by atoms with Gasteiger partial charge in [-0.3, -0.25) is 0 Å². The molecular weight excluding hydrogens is 178 g/mol. The van der Waals surface area contributed by atoms with Crippen LogP contribution in [0.4, 0.5) is 0 Å². The second-order valence-corrected chi connectivity index (χ2v) is 4.69. The first-order valence-corrected chi connectivity index (χ1v) is 5.65. The SMILES string of the molecule is C[C@H]1CC[C@@H](NC(CO)CO)C[C@@H]1C. The largest absolute Gasteiger partial charge is 0.395 e. The van der Waals surface area contributed by atoms with Crippen LogP contribution in [0.5, 0.6) is 0 Å². The van der Waals surface area contributed by atoms with Crippen molar-refractivity contribution in [3.8, 4) is 0 Å². The number of rotatable bonds is 4. The first-order chi connectivity index (χ1) is 6.67. The third-order valence-corrected chi connectivity index (χ3v) is 3.51. The number of hydrogen-bond acceptors (Lipinski definition) is 3. The van der Waals surface area contributed by atoms with Crippen molar-refractivity contribution >= 4 is 0 Å². The molecule has 1 fully saturated rings. The molecule has 3 heteroatoms. The highest BCUT2D eigenvalue weighted by Gasteiger charge is 2.25. The second-order valence-electron chi connectivity index (χ2n) is 4.69. The van der Waals surface area contributed by atoms with Crippen molar-refractivity contribution in [3.63, 3.8) is 0 Å². The van der Waals surface area contributed by atoms with E-state index < -0.39 is 0 Å². The molecule has 0 radical (unpaired) electrons. The Kier molecular flexibility index (Phi) is 4.85. The molecule has 0 saturated heterocycles. The van der Waals surface area contributed by atoms with E-state index in [2.05, 4.69) is 19.2 Å². The van der Waals surface area contributed by atoms with Gasteiger partial charge in [0.1, 0.15) is 0 Å². The Morgan fingerprint density at radius 2 is 1.79 bits per heavy atom. The van der Waals surface area contributed by atoms with Crippen molar-refractivity contribution in [2.45, 2.75) is 45.2 Å². The van der Waals surface area contributed by atoms with Crippen LogP contribution >= 0.6 is 0 Å². The summed E-state index contributed by atoms with van der Waals surface area (Å²) < 4.78 is 0. The van der Waals surface area contributed by atoms with Crippen molar-refractivity contribution in [1.29, 1.82) is 0 Å². The maximum Gasteiger partial charge on any atom is 0.0607 e. The fourth-order valence-electron chi connectivity index (χ4n) is 2.20. The molecule has 84 valence electrons. The summed E-state index contributed by atoms with van der Waals surface area (Å²) in [5.74, 6) is 1.56. The number of hydrogen-bond donors (Lipinski definition) is 3. The van der Waals surface area contributed by atoms with Gasteiger partial charge in [0, 0.05) is 6.04 Å². The normalized spacial score (nSPS) is 33.6. The van der Waals surface area contributed by atoms with Crippen LogP contribution in [-0.2, 0) is 0 Å². The molecule has 0 unspecified atom stereocenters. The van der Waals surface area contributed by atoms with E-state index in [9.17, 15) is 0 Å². The Morgan fingerprint density at radius 3 is 2.29 bits per heavy atom. The minimum Gasteiger partial charge on any atom is -0.395 e. The van der Waals surface area contributed by atoms with Crippen molar-refractivity contribution in [2.24, 2.45) is 11.8 Å². The predicted octanol–water partition coefficient (Wildman–Crippen LogP) is 0.754. The quantitative estimate of drug-likeness (QED) is 0.629. The van der Waals surface area contributed by atoms with Gasteiger partial charge in [-0.2, -0.15) is 0 Å². The molecule has 3 atom stereocenters. The number of aliphatic hydroxyl groups excluding tert-OH is 2. The van der Waals surface area contributed by atoms with Gasteiger partial charge >= 0.3 is 0 Å². The summed E-state index contributed by atoms with van der Waals surface area (Å²) >= 11 is 0. The van der Waals surface area contributed by atoms with E-state index in [1.54, 1.807) is 0 Å². The highest BCUT2D eigenvalue weighted by atomic mass is 16.3. The van der Waals surface area contributed by atoms with Crippen LogP contribution in [0, 0.1) is 11.8 Å². The topological polar surface area (TPSA) is 52.5 Å². The minimum absolute atomic E-state index is 0.0247. The molecular formula is C11H23NO2. The lowest BCUT2D eigenvalue weighted by atomic mass is 9.79. The maximum atomic E-state index is 8.95. The summed E-state index contributed by atoms with van der Waals surface area (Å²) in [5, 5.41) is 21.2. The molecule has 0 aromatic carbocycles. The van der Waals surface area contributed by atoms with Crippen LogP contribution in [0.25, 0.3) is 0 Å². The van der Waals surface area contributed by atoms with Gasteiger partial charge in [-0.05, 0) is 31.1 Å². The third-order valence-electron chi connectivity index (χ3n) is 3.51. The predicted molar refractivity (Wildman–Crippen MR) is 57.1 cm³/mol. The average Bonchev–Trinajstić information content (AvgIpc) is 2.19. The fraction of sp³-hybridized carbons (Fsp3) is 1.00. The second kappa shape index (κ2) is 5.69. The standard InChI is InChI=1S/C11H23NO2/c1-8-3-4-10(5-9(8)2)12-11(6-13)7-14/h8-14H,3-7H2,1-2H3/t8-,9-,10+/m0/s1. The molecule has 0 aromatic heterocycles. The van der Waals surface area contributed by atoms with Gasteiger partial charge in [0.25, 0.3) is 0 Å². The van der Waals surface area contributed by atoms with E-state index in [0.29, 0.717) is 6.04 Å². The lowest BCUT2D eigenvalue weighted by molar-refractivity contribution is 0.139. The fourth-order valence-corrected chi connectivity index (χ4v) is 2.20. The van der Waals surface area contributed by atoms with Crippen molar-refractivity contribution in [2.75, 3.05) is 13.2 Å². The van der Waals surface area contributed by atoms with Crippen LogP contribution in [0.15, 0.2) is 0 Å². The highest BCUT2D eigenvalue weighted by molar-refractivity contribution is 4.82. The van der Waals surface area contributed by atoms with Gasteiger partial charge in [0.05, 0.1) is 19.3 Å². The molecule has 0 amide bonds. The molecule has 0 heterocycles. The molecule has 1 rings (SSSR count). The van der Waals surface area contributed by atoms with Gasteiger partial charge in [-0.25, -0.2) is 0 Å². The Hall–Kier alpha value is -0.120. The monoisotopic (exact) mass is 201 g/mol. The molecule has 1 saturated carbocycles. The van der Waals surface area contributed by atoms with Crippen LogP contribution in [0.2, 0.25) is 0 Å². The zero-order valence-corrected chi connectivity index (χ0v) is 9.24. The molecule has 3 nitrogen and oxygen atoms in total. The zero-order valence-electron chi connectivity index (χ0n) is 9.24. The van der Waals surface area contributed by atoms with Gasteiger partial charge in [0.15, 0.2) is 0 Å².